The third-order valence-corrected chi connectivity index (χ3v) is 6.70. The number of benzene rings is 3. The van der Waals surface area contributed by atoms with E-state index < -0.39 is 7.92 Å². The van der Waals surface area contributed by atoms with Gasteiger partial charge in [-0.15, -0.1) is 0 Å². The fourth-order valence-electron chi connectivity index (χ4n) is 2.92. The van der Waals surface area contributed by atoms with E-state index in [0.717, 1.165) is 11.1 Å². The first-order valence-electron chi connectivity index (χ1n) is 7.90. The maximum atomic E-state index is 10.3. The maximum absolute atomic E-state index is 10.3. The van der Waals surface area contributed by atoms with Gasteiger partial charge in [0.25, 0.3) is 0 Å². The van der Waals surface area contributed by atoms with Crippen molar-refractivity contribution in [1.29, 1.82) is 0 Å². The molecule has 0 spiro atoms. The summed E-state index contributed by atoms with van der Waals surface area (Å²) in [7, 11) is -0.478. The van der Waals surface area contributed by atoms with Crippen LogP contribution in [0, 0.1) is 0 Å². The van der Waals surface area contributed by atoms with Crippen LogP contribution < -0.4 is 10.6 Å². The fourth-order valence-corrected chi connectivity index (χ4v) is 5.54. The Balaban J connectivity index is 2.18. The van der Waals surface area contributed by atoms with Gasteiger partial charge in [-0.05, 0) is 35.8 Å². The number of hydrogen-bond acceptors (Lipinski definition) is 1. The van der Waals surface area contributed by atoms with Crippen LogP contribution in [0.1, 0.15) is 13.8 Å². The van der Waals surface area contributed by atoms with Crippen molar-refractivity contribution in [3.05, 3.63) is 78.9 Å². The van der Waals surface area contributed by atoms with Crippen LogP contribution in [0.25, 0.3) is 11.1 Å². The number of hydrogen-bond donors (Lipinski definition) is 1. The molecule has 3 aromatic rings. The molecule has 3 rings (SSSR count). The predicted molar refractivity (Wildman–Crippen MR) is 101 cm³/mol. The number of aromatic hydroxyl groups is 1. The Morgan fingerprint density at radius 2 is 1.26 bits per heavy atom. The third-order valence-electron chi connectivity index (χ3n) is 3.91. The van der Waals surface area contributed by atoms with Gasteiger partial charge in [-0.25, -0.2) is 0 Å². The summed E-state index contributed by atoms with van der Waals surface area (Å²) in [6, 6.07) is 26.8. The van der Waals surface area contributed by atoms with Crippen LogP contribution in [0.2, 0.25) is 0 Å². The summed E-state index contributed by atoms with van der Waals surface area (Å²) in [5.74, 6) is 0.340. The topological polar surface area (TPSA) is 20.2 Å². The molecule has 1 N–H and O–H groups in total. The summed E-state index contributed by atoms with van der Waals surface area (Å²) in [6.07, 6.45) is 0. The van der Waals surface area contributed by atoms with E-state index in [9.17, 15) is 5.11 Å². The highest BCUT2D eigenvalue weighted by atomic mass is 31.1. The molecule has 3 aromatic carbocycles. The van der Waals surface area contributed by atoms with Gasteiger partial charge >= 0.3 is 0 Å². The van der Waals surface area contributed by atoms with Crippen LogP contribution in [-0.4, -0.2) is 10.8 Å². The molecule has 1 unspecified atom stereocenters. The Labute approximate surface area is 139 Å². The monoisotopic (exact) mass is 320 g/mol. The van der Waals surface area contributed by atoms with Gasteiger partial charge in [-0.3, -0.25) is 0 Å². The minimum Gasteiger partial charge on any atom is -0.507 e. The number of para-hydroxylation sites is 1. The molecule has 116 valence electrons. The lowest BCUT2D eigenvalue weighted by Gasteiger charge is -2.25. The van der Waals surface area contributed by atoms with E-state index >= 15 is 0 Å². The van der Waals surface area contributed by atoms with Gasteiger partial charge in [-0.2, -0.15) is 0 Å². The summed E-state index contributed by atoms with van der Waals surface area (Å²) in [6.45, 7) is 4.56. The minimum atomic E-state index is -0.478. The number of phenolic OH excluding ortho intramolecular Hbond substituents is 1. The Hall–Kier alpha value is -2.11. The molecule has 0 bridgehead atoms. The van der Waals surface area contributed by atoms with Crippen LogP contribution in [0.4, 0.5) is 0 Å². The van der Waals surface area contributed by atoms with E-state index in [4.69, 9.17) is 0 Å². The van der Waals surface area contributed by atoms with E-state index in [1.165, 1.54) is 10.6 Å². The molecule has 0 aromatic heterocycles. The van der Waals surface area contributed by atoms with Crippen LogP contribution in [0.15, 0.2) is 78.9 Å². The first kappa shape index (κ1) is 15.8. The molecule has 0 aliphatic carbocycles. The maximum Gasteiger partial charge on any atom is 0.123 e. The largest absolute Gasteiger partial charge is 0.507 e. The quantitative estimate of drug-likeness (QED) is 0.678. The van der Waals surface area contributed by atoms with E-state index in [0.29, 0.717) is 11.4 Å². The zero-order valence-corrected chi connectivity index (χ0v) is 14.4. The second kappa shape index (κ2) is 6.98. The summed E-state index contributed by atoms with van der Waals surface area (Å²) in [4.78, 5) is 0. The van der Waals surface area contributed by atoms with Crippen molar-refractivity contribution >= 4 is 18.5 Å². The molecule has 2 heteroatoms. The highest BCUT2D eigenvalue weighted by molar-refractivity contribution is 7.73. The molecular formula is C21H21OP. The Morgan fingerprint density at radius 1 is 0.696 bits per heavy atom. The van der Waals surface area contributed by atoms with Crippen molar-refractivity contribution in [2.75, 3.05) is 0 Å². The van der Waals surface area contributed by atoms with E-state index in [2.05, 4.69) is 62.4 Å². The molecule has 0 saturated heterocycles. The second-order valence-corrected chi connectivity index (χ2v) is 8.60. The summed E-state index contributed by atoms with van der Waals surface area (Å²) >= 11 is 0. The smallest absolute Gasteiger partial charge is 0.123 e. The summed E-state index contributed by atoms with van der Waals surface area (Å²) in [5.41, 5.74) is 2.57. The van der Waals surface area contributed by atoms with Gasteiger partial charge in [-0.1, -0.05) is 86.6 Å². The summed E-state index contributed by atoms with van der Waals surface area (Å²) < 4.78 is 0. The van der Waals surface area contributed by atoms with Crippen molar-refractivity contribution in [3.8, 4) is 16.9 Å². The first-order valence-corrected chi connectivity index (χ1v) is 9.31. The molecule has 1 nitrogen and oxygen atoms in total. The lowest BCUT2D eigenvalue weighted by atomic mass is 10.0. The van der Waals surface area contributed by atoms with Crippen molar-refractivity contribution in [2.24, 2.45) is 0 Å². The van der Waals surface area contributed by atoms with Crippen molar-refractivity contribution in [1.82, 2.24) is 0 Å². The Kier molecular flexibility index (Phi) is 4.79. The third kappa shape index (κ3) is 3.30. The molecule has 1 atom stereocenters. The van der Waals surface area contributed by atoms with Gasteiger partial charge in [0.15, 0.2) is 0 Å². The van der Waals surface area contributed by atoms with Gasteiger partial charge in [0.05, 0.1) is 0 Å². The van der Waals surface area contributed by atoms with Gasteiger partial charge in [0.2, 0.25) is 0 Å². The van der Waals surface area contributed by atoms with Crippen LogP contribution >= 0.6 is 7.92 Å². The van der Waals surface area contributed by atoms with Gasteiger partial charge < -0.3 is 5.11 Å². The highest BCUT2D eigenvalue weighted by Crippen LogP contribution is 2.43. The second-order valence-electron chi connectivity index (χ2n) is 5.83. The molecular weight excluding hydrogens is 299 g/mol. The van der Waals surface area contributed by atoms with Crippen molar-refractivity contribution in [2.45, 2.75) is 19.5 Å². The lowest BCUT2D eigenvalue weighted by molar-refractivity contribution is 0.477. The molecule has 0 aliphatic heterocycles. The molecule has 0 fully saturated rings. The van der Waals surface area contributed by atoms with E-state index in [1.54, 1.807) is 6.07 Å². The van der Waals surface area contributed by atoms with Crippen LogP contribution in [0.5, 0.6) is 5.75 Å². The average molecular weight is 320 g/mol. The SMILES string of the molecule is CC(C)P(c1ccccc1)c1ccccc1-c1ccccc1O. The van der Waals surface area contributed by atoms with Crippen molar-refractivity contribution < 1.29 is 5.11 Å². The zero-order valence-electron chi connectivity index (χ0n) is 13.5. The molecule has 0 saturated carbocycles. The first-order chi connectivity index (χ1) is 11.2. The Morgan fingerprint density at radius 3 is 1.91 bits per heavy atom. The summed E-state index contributed by atoms with van der Waals surface area (Å²) in [5, 5.41) is 13.0. The molecule has 0 radical (unpaired) electrons. The van der Waals surface area contributed by atoms with Crippen LogP contribution in [0.3, 0.4) is 0 Å². The normalized spacial score (nSPS) is 12.3. The number of rotatable bonds is 4. The Bertz CT molecular complexity index is 781. The average Bonchev–Trinajstić information content (AvgIpc) is 2.57. The van der Waals surface area contributed by atoms with E-state index in [1.807, 2.05) is 24.3 Å². The standard InChI is InChI=1S/C21H21OP/c1-16(2)23(17-10-4-3-5-11-17)21-15-9-7-13-19(21)18-12-6-8-14-20(18)22/h3-16,22H,1-2H3. The minimum absolute atomic E-state index is 0.340. The molecule has 0 heterocycles. The lowest BCUT2D eigenvalue weighted by Crippen LogP contribution is -2.19. The molecule has 0 aliphatic rings. The highest BCUT2D eigenvalue weighted by Gasteiger charge is 2.21. The zero-order chi connectivity index (χ0) is 16.2. The predicted octanol–water partition coefficient (Wildman–Crippen LogP) is 4.90. The van der Waals surface area contributed by atoms with Crippen molar-refractivity contribution in [3.63, 3.8) is 0 Å². The van der Waals surface area contributed by atoms with Crippen LogP contribution in [-0.2, 0) is 0 Å². The molecule has 23 heavy (non-hydrogen) atoms. The van der Waals surface area contributed by atoms with E-state index in [-0.39, 0.29) is 0 Å². The fraction of sp³-hybridized carbons (Fsp3) is 0.143. The van der Waals surface area contributed by atoms with Gasteiger partial charge in [0.1, 0.15) is 5.75 Å². The molecule has 0 amide bonds. The number of phenols is 1. The van der Waals surface area contributed by atoms with Gasteiger partial charge in [0, 0.05) is 5.56 Å².